The predicted molar refractivity (Wildman–Crippen MR) is 70.5 cm³/mol. The monoisotopic (exact) mass is 220 g/mol. The minimum Gasteiger partial charge on any atom is -0.330 e. The van der Waals surface area contributed by atoms with Gasteiger partial charge >= 0.3 is 0 Å². The normalized spacial score (nSPS) is 13.1. The first-order valence-electron chi connectivity index (χ1n) is 5.97. The molecule has 1 aromatic rings. The molecule has 1 rings (SSSR count). The van der Waals surface area contributed by atoms with Gasteiger partial charge in [0.25, 0.3) is 0 Å². The zero-order chi connectivity index (χ0) is 12.1. The average Bonchev–Trinajstić information content (AvgIpc) is 2.23. The molecule has 0 amide bonds. The van der Waals surface area contributed by atoms with Crippen LogP contribution in [0.4, 0.5) is 0 Å². The largest absolute Gasteiger partial charge is 0.330 e. The summed E-state index contributed by atoms with van der Waals surface area (Å²) in [7, 11) is 2.16. The molecule has 2 heteroatoms. The Morgan fingerprint density at radius 2 is 2.00 bits per heavy atom. The second-order valence-electron chi connectivity index (χ2n) is 4.97. The van der Waals surface area contributed by atoms with Gasteiger partial charge in [0.2, 0.25) is 0 Å². The smallest absolute Gasteiger partial charge is 0.0233 e. The Balaban J connectivity index is 2.61. The van der Waals surface area contributed by atoms with Crippen molar-refractivity contribution in [1.82, 2.24) is 4.90 Å². The number of rotatable bonds is 5. The summed E-state index contributed by atoms with van der Waals surface area (Å²) in [5.41, 5.74) is 9.77. The third-order valence-corrected chi connectivity index (χ3v) is 2.97. The average molecular weight is 220 g/mol. The number of hydrogen-bond donors (Lipinski definition) is 1. The van der Waals surface area contributed by atoms with Crippen LogP contribution in [0.2, 0.25) is 0 Å². The van der Waals surface area contributed by atoms with E-state index in [0.29, 0.717) is 5.92 Å². The van der Waals surface area contributed by atoms with Gasteiger partial charge < -0.3 is 10.6 Å². The molecule has 0 radical (unpaired) electrons. The lowest BCUT2D eigenvalue weighted by Gasteiger charge is -2.21. The fraction of sp³-hybridized carbons (Fsp3) is 0.571. The highest BCUT2D eigenvalue weighted by atomic mass is 15.1. The van der Waals surface area contributed by atoms with Crippen molar-refractivity contribution in [2.75, 3.05) is 20.1 Å². The molecule has 90 valence electrons. The van der Waals surface area contributed by atoms with Gasteiger partial charge in [-0.05, 0) is 44.5 Å². The Morgan fingerprint density at radius 1 is 1.31 bits per heavy atom. The van der Waals surface area contributed by atoms with Gasteiger partial charge in [0.05, 0.1) is 0 Å². The van der Waals surface area contributed by atoms with Gasteiger partial charge in [-0.2, -0.15) is 0 Å². The fourth-order valence-corrected chi connectivity index (χ4v) is 1.93. The lowest BCUT2D eigenvalue weighted by molar-refractivity contribution is 0.281. The molecule has 0 saturated carbocycles. The van der Waals surface area contributed by atoms with Crippen LogP contribution in [0.1, 0.15) is 23.6 Å². The molecule has 0 bridgehead atoms. The van der Waals surface area contributed by atoms with Gasteiger partial charge in [0, 0.05) is 13.1 Å². The van der Waals surface area contributed by atoms with E-state index in [1.165, 1.54) is 16.7 Å². The van der Waals surface area contributed by atoms with Gasteiger partial charge in [0.1, 0.15) is 0 Å². The standard InChI is InChI=1S/C14H24N2/c1-11-5-6-13(3)14(7-11)10-16(4)9-12(2)8-15/h5-7,12H,8-10,15H2,1-4H3. The van der Waals surface area contributed by atoms with Crippen molar-refractivity contribution in [1.29, 1.82) is 0 Å². The number of hydrogen-bond acceptors (Lipinski definition) is 2. The molecule has 0 fully saturated rings. The van der Waals surface area contributed by atoms with Gasteiger partial charge in [-0.15, -0.1) is 0 Å². The lowest BCUT2D eigenvalue weighted by Crippen LogP contribution is -2.28. The molecule has 0 aromatic heterocycles. The predicted octanol–water partition coefficient (Wildman–Crippen LogP) is 2.33. The Labute approximate surface area is 99.5 Å². The van der Waals surface area contributed by atoms with Gasteiger partial charge in [0.15, 0.2) is 0 Å². The molecule has 0 saturated heterocycles. The van der Waals surface area contributed by atoms with E-state index in [1.54, 1.807) is 0 Å². The third kappa shape index (κ3) is 3.95. The maximum absolute atomic E-state index is 5.64. The summed E-state index contributed by atoms with van der Waals surface area (Å²) >= 11 is 0. The summed E-state index contributed by atoms with van der Waals surface area (Å²) in [5, 5.41) is 0. The van der Waals surface area contributed by atoms with E-state index in [1.807, 2.05) is 0 Å². The van der Waals surface area contributed by atoms with Crippen molar-refractivity contribution < 1.29 is 0 Å². The second kappa shape index (κ2) is 6.02. The van der Waals surface area contributed by atoms with Crippen LogP contribution >= 0.6 is 0 Å². The van der Waals surface area contributed by atoms with E-state index in [-0.39, 0.29) is 0 Å². The van der Waals surface area contributed by atoms with Crippen molar-refractivity contribution in [3.05, 3.63) is 34.9 Å². The summed E-state index contributed by atoms with van der Waals surface area (Å²) in [6, 6.07) is 6.64. The minimum absolute atomic E-state index is 0.565. The molecular formula is C14H24N2. The Hall–Kier alpha value is -0.860. The van der Waals surface area contributed by atoms with Crippen molar-refractivity contribution >= 4 is 0 Å². The minimum atomic E-state index is 0.565. The first-order chi connectivity index (χ1) is 7.52. The summed E-state index contributed by atoms with van der Waals surface area (Å²) in [5.74, 6) is 0.565. The maximum atomic E-state index is 5.64. The van der Waals surface area contributed by atoms with E-state index in [2.05, 4.69) is 50.9 Å². The fourth-order valence-electron chi connectivity index (χ4n) is 1.93. The maximum Gasteiger partial charge on any atom is 0.0233 e. The van der Waals surface area contributed by atoms with Crippen LogP contribution in [-0.2, 0) is 6.54 Å². The van der Waals surface area contributed by atoms with Crippen LogP contribution in [0.3, 0.4) is 0 Å². The first-order valence-corrected chi connectivity index (χ1v) is 5.97. The topological polar surface area (TPSA) is 29.3 Å². The molecule has 1 atom stereocenters. The number of aryl methyl sites for hydroxylation is 2. The molecule has 0 heterocycles. The van der Waals surface area contributed by atoms with Crippen molar-refractivity contribution in [3.8, 4) is 0 Å². The van der Waals surface area contributed by atoms with Crippen molar-refractivity contribution in [2.24, 2.45) is 11.7 Å². The Morgan fingerprint density at radius 3 is 2.62 bits per heavy atom. The molecule has 1 aromatic carbocycles. The van der Waals surface area contributed by atoms with Gasteiger partial charge in [-0.25, -0.2) is 0 Å². The van der Waals surface area contributed by atoms with Gasteiger partial charge in [-0.3, -0.25) is 0 Å². The zero-order valence-corrected chi connectivity index (χ0v) is 11.0. The summed E-state index contributed by atoms with van der Waals surface area (Å²) in [4.78, 5) is 2.35. The second-order valence-corrected chi connectivity index (χ2v) is 4.97. The van der Waals surface area contributed by atoms with Crippen LogP contribution in [-0.4, -0.2) is 25.0 Å². The van der Waals surface area contributed by atoms with Gasteiger partial charge in [-0.1, -0.05) is 30.7 Å². The molecule has 16 heavy (non-hydrogen) atoms. The number of nitrogens with two attached hydrogens (primary N) is 1. The van der Waals surface area contributed by atoms with Crippen LogP contribution in [0.15, 0.2) is 18.2 Å². The quantitative estimate of drug-likeness (QED) is 0.825. The van der Waals surface area contributed by atoms with E-state index in [9.17, 15) is 0 Å². The van der Waals surface area contributed by atoms with E-state index >= 15 is 0 Å². The van der Waals surface area contributed by atoms with Crippen LogP contribution in [0.5, 0.6) is 0 Å². The zero-order valence-electron chi connectivity index (χ0n) is 11.0. The Bertz CT molecular complexity index is 334. The van der Waals surface area contributed by atoms with Crippen molar-refractivity contribution in [2.45, 2.75) is 27.3 Å². The first kappa shape index (κ1) is 13.2. The molecule has 2 N–H and O–H groups in total. The lowest BCUT2D eigenvalue weighted by atomic mass is 10.0. The third-order valence-electron chi connectivity index (χ3n) is 2.97. The van der Waals surface area contributed by atoms with Crippen LogP contribution < -0.4 is 5.73 Å². The van der Waals surface area contributed by atoms with Crippen LogP contribution in [0, 0.1) is 19.8 Å². The molecule has 0 aliphatic carbocycles. The summed E-state index contributed by atoms with van der Waals surface area (Å²) in [6.45, 7) is 9.35. The Kier molecular flexibility index (Phi) is 4.97. The summed E-state index contributed by atoms with van der Waals surface area (Å²) in [6.07, 6.45) is 0. The molecule has 2 nitrogen and oxygen atoms in total. The highest BCUT2D eigenvalue weighted by Crippen LogP contribution is 2.13. The van der Waals surface area contributed by atoms with Crippen molar-refractivity contribution in [3.63, 3.8) is 0 Å². The van der Waals surface area contributed by atoms with Crippen LogP contribution in [0.25, 0.3) is 0 Å². The molecule has 0 aliphatic heterocycles. The van der Waals surface area contributed by atoms with E-state index in [4.69, 9.17) is 5.73 Å². The molecule has 0 spiro atoms. The number of nitrogens with zero attached hydrogens (tertiary/aromatic N) is 1. The SMILES string of the molecule is Cc1ccc(C)c(CN(C)CC(C)CN)c1. The van der Waals surface area contributed by atoms with E-state index in [0.717, 1.165) is 19.6 Å². The molecule has 1 unspecified atom stereocenters. The highest BCUT2D eigenvalue weighted by Gasteiger charge is 2.07. The summed E-state index contributed by atoms with van der Waals surface area (Å²) < 4.78 is 0. The highest BCUT2D eigenvalue weighted by molar-refractivity contribution is 5.30. The number of benzene rings is 1. The molecule has 0 aliphatic rings. The van der Waals surface area contributed by atoms with E-state index < -0.39 is 0 Å². The molecular weight excluding hydrogens is 196 g/mol.